The van der Waals surface area contributed by atoms with Crippen LogP contribution in [0.15, 0.2) is 59.4 Å². The Morgan fingerprint density at radius 3 is 2.61 bits per heavy atom. The molecule has 1 aromatic heterocycles. The first kappa shape index (κ1) is 24.0. The van der Waals surface area contributed by atoms with Crippen molar-refractivity contribution in [2.24, 2.45) is 5.92 Å². The Balaban J connectivity index is 1.29. The number of nitrogens with one attached hydrogen (secondary N) is 1. The monoisotopic (exact) mass is 487 g/mol. The molecule has 0 bridgehead atoms. The van der Waals surface area contributed by atoms with Crippen molar-refractivity contribution < 1.29 is 9.59 Å². The zero-order valence-electron chi connectivity index (χ0n) is 20.6. The molecule has 36 heavy (non-hydrogen) atoms. The standard InChI is InChI=1S/C28H33N5O3/c34-25-14-7-16-31(25)18-8-15-29-27(35)22-11-6-17-32(20-22)26-28(36)33(19-21-9-2-1-3-10-21)24-13-5-4-12-23(24)30-26/h1-5,9-10,12-13,22H,6-8,11,14-20H2,(H,29,35). The minimum atomic E-state index is -0.192. The van der Waals surface area contributed by atoms with Crippen LogP contribution < -0.4 is 15.8 Å². The number of likely N-dealkylation sites (tertiary alicyclic amines) is 1. The van der Waals surface area contributed by atoms with E-state index in [1.807, 2.05) is 64.4 Å². The van der Waals surface area contributed by atoms with Crippen molar-refractivity contribution in [2.75, 3.05) is 37.6 Å². The number of rotatable bonds is 8. The first-order valence-electron chi connectivity index (χ1n) is 12.9. The van der Waals surface area contributed by atoms with Crippen LogP contribution in [0.25, 0.3) is 11.0 Å². The number of carbonyl (C=O) groups excluding carboxylic acids is 2. The molecular weight excluding hydrogens is 454 g/mol. The van der Waals surface area contributed by atoms with Gasteiger partial charge in [-0.15, -0.1) is 0 Å². The molecule has 2 fully saturated rings. The number of para-hydroxylation sites is 2. The summed E-state index contributed by atoms with van der Waals surface area (Å²) >= 11 is 0. The van der Waals surface area contributed by atoms with E-state index < -0.39 is 0 Å². The molecule has 0 radical (unpaired) electrons. The molecular formula is C28H33N5O3. The normalized spacial score (nSPS) is 18.1. The number of anilines is 1. The van der Waals surface area contributed by atoms with E-state index in [1.54, 1.807) is 4.57 Å². The molecule has 3 heterocycles. The Morgan fingerprint density at radius 2 is 1.81 bits per heavy atom. The summed E-state index contributed by atoms with van der Waals surface area (Å²) in [7, 11) is 0. The van der Waals surface area contributed by atoms with Crippen LogP contribution in [0.1, 0.15) is 37.7 Å². The van der Waals surface area contributed by atoms with Crippen molar-refractivity contribution in [1.29, 1.82) is 0 Å². The number of piperidine rings is 1. The van der Waals surface area contributed by atoms with Gasteiger partial charge in [0.05, 0.1) is 23.5 Å². The molecule has 2 aliphatic rings. The van der Waals surface area contributed by atoms with E-state index in [1.165, 1.54) is 0 Å². The highest BCUT2D eigenvalue weighted by Crippen LogP contribution is 2.22. The zero-order chi connectivity index (χ0) is 24.9. The summed E-state index contributed by atoms with van der Waals surface area (Å²) in [6.45, 7) is 3.71. The number of benzene rings is 2. The maximum absolute atomic E-state index is 13.7. The molecule has 0 spiro atoms. The number of hydrogen-bond donors (Lipinski definition) is 1. The third kappa shape index (κ3) is 5.27. The Hall–Kier alpha value is -3.68. The molecule has 1 unspecified atom stereocenters. The minimum absolute atomic E-state index is 0.0119. The van der Waals surface area contributed by atoms with Crippen LogP contribution in [-0.2, 0) is 16.1 Å². The van der Waals surface area contributed by atoms with E-state index in [4.69, 9.17) is 4.98 Å². The number of carbonyl (C=O) groups is 2. The molecule has 2 saturated heterocycles. The number of aromatic nitrogens is 2. The van der Waals surface area contributed by atoms with Gasteiger partial charge in [-0.2, -0.15) is 0 Å². The van der Waals surface area contributed by atoms with Crippen LogP contribution >= 0.6 is 0 Å². The number of amides is 2. The van der Waals surface area contributed by atoms with Gasteiger partial charge in [-0.1, -0.05) is 42.5 Å². The molecule has 2 aliphatic heterocycles. The van der Waals surface area contributed by atoms with E-state index in [2.05, 4.69) is 5.32 Å². The molecule has 1 N–H and O–H groups in total. The Labute approximate surface area is 210 Å². The van der Waals surface area contributed by atoms with Crippen molar-refractivity contribution in [2.45, 2.75) is 38.6 Å². The van der Waals surface area contributed by atoms with Crippen molar-refractivity contribution in [1.82, 2.24) is 19.8 Å². The SMILES string of the molecule is O=C(NCCCN1CCCC1=O)C1CCCN(c2nc3ccccc3n(Cc3ccccc3)c2=O)C1. The summed E-state index contributed by atoms with van der Waals surface area (Å²) < 4.78 is 1.79. The van der Waals surface area contributed by atoms with Crippen LogP contribution in [0.5, 0.6) is 0 Å². The molecule has 2 amide bonds. The molecule has 1 atom stereocenters. The topological polar surface area (TPSA) is 87.5 Å². The van der Waals surface area contributed by atoms with Gasteiger partial charge in [0.25, 0.3) is 5.56 Å². The number of fused-ring (bicyclic) bond motifs is 1. The summed E-state index contributed by atoms with van der Waals surface area (Å²) in [5.74, 6) is 0.444. The molecule has 8 heteroatoms. The van der Waals surface area contributed by atoms with Gasteiger partial charge in [-0.25, -0.2) is 4.98 Å². The van der Waals surface area contributed by atoms with Gasteiger partial charge in [-0.3, -0.25) is 19.0 Å². The fourth-order valence-corrected chi connectivity index (χ4v) is 5.26. The Kier molecular flexibility index (Phi) is 7.30. The average molecular weight is 488 g/mol. The fourth-order valence-electron chi connectivity index (χ4n) is 5.26. The van der Waals surface area contributed by atoms with Crippen LogP contribution in [0.3, 0.4) is 0 Å². The second kappa shape index (κ2) is 10.9. The van der Waals surface area contributed by atoms with Crippen molar-refractivity contribution in [3.05, 3.63) is 70.5 Å². The molecule has 188 valence electrons. The maximum atomic E-state index is 13.7. The second-order valence-electron chi connectivity index (χ2n) is 9.72. The van der Waals surface area contributed by atoms with Crippen molar-refractivity contribution in [3.8, 4) is 0 Å². The zero-order valence-corrected chi connectivity index (χ0v) is 20.6. The number of nitrogens with zero attached hydrogens (tertiary/aromatic N) is 4. The van der Waals surface area contributed by atoms with Crippen LogP contribution in [-0.4, -0.2) is 59.0 Å². The second-order valence-corrected chi connectivity index (χ2v) is 9.72. The molecule has 3 aromatic rings. The van der Waals surface area contributed by atoms with E-state index in [0.29, 0.717) is 45.0 Å². The van der Waals surface area contributed by atoms with E-state index in [0.717, 1.165) is 48.8 Å². The molecule has 0 saturated carbocycles. The summed E-state index contributed by atoms with van der Waals surface area (Å²) in [6.07, 6.45) is 3.94. The van der Waals surface area contributed by atoms with Crippen molar-refractivity contribution >= 4 is 28.7 Å². The van der Waals surface area contributed by atoms with Gasteiger partial charge in [0, 0.05) is 39.1 Å². The molecule has 0 aliphatic carbocycles. The predicted octanol–water partition coefficient (Wildman–Crippen LogP) is 2.79. The van der Waals surface area contributed by atoms with Gasteiger partial charge in [0.2, 0.25) is 11.8 Å². The van der Waals surface area contributed by atoms with Crippen LogP contribution in [0, 0.1) is 5.92 Å². The van der Waals surface area contributed by atoms with E-state index in [9.17, 15) is 14.4 Å². The van der Waals surface area contributed by atoms with Gasteiger partial charge < -0.3 is 15.1 Å². The maximum Gasteiger partial charge on any atom is 0.294 e. The lowest BCUT2D eigenvalue weighted by Gasteiger charge is -2.33. The summed E-state index contributed by atoms with van der Waals surface area (Å²) in [5, 5.41) is 3.04. The third-order valence-electron chi connectivity index (χ3n) is 7.19. The van der Waals surface area contributed by atoms with E-state index >= 15 is 0 Å². The lowest BCUT2D eigenvalue weighted by atomic mass is 9.97. The van der Waals surface area contributed by atoms with Crippen LogP contribution in [0.2, 0.25) is 0 Å². The van der Waals surface area contributed by atoms with Crippen LogP contribution in [0.4, 0.5) is 5.82 Å². The van der Waals surface area contributed by atoms with Gasteiger partial charge in [-0.05, 0) is 43.4 Å². The van der Waals surface area contributed by atoms with Gasteiger partial charge in [0.1, 0.15) is 0 Å². The predicted molar refractivity (Wildman–Crippen MR) is 140 cm³/mol. The Bertz CT molecular complexity index is 1290. The highest BCUT2D eigenvalue weighted by Gasteiger charge is 2.28. The highest BCUT2D eigenvalue weighted by molar-refractivity contribution is 5.80. The third-order valence-corrected chi connectivity index (χ3v) is 7.19. The summed E-state index contributed by atoms with van der Waals surface area (Å²) in [4.78, 5) is 46.9. The van der Waals surface area contributed by atoms with Gasteiger partial charge >= 0.3 is 0 Å². The highest BCUT2D eigenvalue weighted by atomic mass is 16.2. The Morgan fingerprint density at radius 1 is 1.00 bits per heavy atom. The first-order valence-corrected chi connectivity index (χ1v) is 12.9. The fraction of sp³-hybridized carbons (Fsp3) is 0.429. The summed E-state index contributed by atoms with van der Waals surface area (Å²) in [6, 6.07) is 17.7. The largest absolute Gasteiger partial charge is 0.356 e. The quantitative estimate of drug-likeness (QED) is 0.494. The molecule has 5 rings (SSSR count). The van der Waals surface area contributed by atoms with Crippen molar-refractivity contribution in [3.63, 3.8) is 0 Å². The van der Waals surface area contributed by atoms with Gasteiger partial charge in [0.15, 0.2) is 5.82 Å². The molecule has 8 nitrogen and oxygen atoms in total. The first-order chi connectivity index (χ1) is 17.6. The molecule has 2 aromatic carbocycles. The average Bonchev–Trinajstić information content (AvgIpc) is 3.33. The lowest BCUT2D eigenvalue weighted by Crippen LogP contribution is -2.46. The van der Waals surface area contributed by atoms with E-state index in [-0.39, 0.29) is 23.3 Å². The lowest BCUT2D eigenvalue weighted by molar-refractivity contribution is -0.127. The summed E-state index contributed by atoms with van der Waals surface area (Å²) in [5.41, 5.74) is 2.49. The minimum Gasteiger partial charge on any atom is -0.356 e. The smallest absolute Gasteiger partial charge is 0.294 e. The number of hydrogen-bond acceptors (Lipinski definition) is 5.